The fourth-order valence-corrected chi connectivity index (χ4v) is 2.42. The minimum Gasteiger partial charge on any atom is -0.383 e. The number of nitrogen functional groups attached to an aromatic ring is 1. The second kappa shape index (κ2) is 5.00. The van der Waals surface area contributed by atoms with Crippen molar-refractivity contribution in [2.75, 3.05) is 5.73 Å². The molecule has 1 aromatic heterocycles. The Kier molecular flexibility index (Phi) is 3.57. The summed E-state index contributed by atoms with van der Waals surface area (Å²) in [5.41, 5.74) is 7.58. The Morgan fingerprint density at radius 2 is 1.95 bits per heavy atom. The van der Waals surface area contributed by atoms with Crippen LogP contribution in [0.2, 0.25) is 0 Å². The van der Waals surface area contributed by atoms with Gasteiger partial charge in [-0.1, -0.05) is 13.8 Å². The van der Waals surface area contributed by atoms with Gasteiger partial charge in [0.05, 0.1) is 20.8 Å². The SMILES string of the molecule is CC(C)c1nn(-c2ccc([N+](=O)[O-])cc2)c(N)c1Br. The third-order valence-corrected chi connectivity index (χ3v) is 3.55. The number of nitro groups is 1. The first-order valence-corrected chi connectivity index (χ1v) is 6.49. The molecule has 1 heterocycles. The first-order valence-electron chi connectivity index (χ1n) is 5.70. The van der Waals surface area contributed by atoms with Gasteiger partial charge in [0.25, 0.3) is 5.69 Å². The maximum atomic E-state index is 10.6. The Morgan fingerprint density at radius 1 is 1.37 bits per heavy atom. The number of nitrogens with two attached hydrogens (primary N) is 1. The quantitative estimate of drug-likeness (QED) is 0.693. The summed E-state index contributed by atoms with van der Waals surface area (Å²) in [6, 6.07) is 6.11. The third kappa shape index (κ3) is 2.46. The number of non-ortho nitro benzene ring substituents is 1. The lowest BCUT2D eigenvalue weighted by Crippen LogP contribution is -2.02. The van der Waals surface area contributed by atoms with E-state index in [1.165, 1.54) is 12.1 Å². The van der Waals surface area contributed by atoms with Gasteiger partial charge in [0.15, 0.2) is 0 Å². The second-order valence-corrected chi connectivity index (χ2v) is 5.22. The lowest BCUT2D eigenvalue weighted by molar-refractivity contribution is -0.384. The number of aromatic nitrogens is 2. The molecule has 7 heteroatoms. The van der Waals surface area contributed by atoms with Crippen LogP contribution in [0.4, 0.5) is 11.5 Å². The Morgan fingerprint density at radius 3 is 2.37 bits per heavy atom. The van der Waals surface area contributed by atoms with Crippen molar-refractivity contribution in [3.63, 3.8) is 0 Å². The van der Waals surface area contributed by atoms with Crippen molar-refractivity contribution in [3.8, 4) is 5.69 Å². The highest BCUT2D eigenvalue weighted by atomic mass is 79.9. The zero-order valence-corrected chi connectivity index (χ0v) is 12.1. The molecule has 0 amide bonds. The molecule has 1 aromatic carbocycles. The molecule has 6 nitrogen and oxygen atoms in total. The molecule has 0 fully saturated rings. The van der Waals surface area contributed by atoms with Crippen LogP contribution in [0.3, 0.4) is 0 Å². The summed E-state index contributed by atoms with van der Waals surface area (Å²) in [6.45, 7) is 4.04. The van der Waals surface area contributed by atoms with E-state index in [0.29, 0.717) is 11.5 Å². The molecule has 2 aromatic rings. The van der Waals surface area contributed by atoms with Gasteiger partial charge in [0.2, 0.25) is 0 Å². The lowest BCUT2D eigenvalue weighted by atomic mass is 10.1. The van der Waals surface area contributed by atoms with Gasteiger partial charge in [-0.15, -0.1) is 0 Å². The number of hydrogen-bond donors (Lipinski definition) is 1. The lowest BCUT2D eigenvalue weighted by Gasteiger charge is -2.03. The molecule has 2 N–H and O–H groups in total. The number of nitro benzene ring substituents is 1. The van der Waals surface area contributed by atoms with Gasteiger partial charge in [-0.25, -0.2) is 4.68 Å². The van der Waals surface area contributed by atoms with Crippen LogP contribution in [0.15, 0.2) is 28.7 Å². The Bertz CT molecular complexity index is 619. The van der Waals surface area contributed by atoms with Crippen LogP contribution in [0, 0.1) is 10.1 Å². The normalized spacial score (nSPS) is 10.9. The van der Waals surface area contributed by atoms with Crippen molar-refractivity contribution in [1.29, 1.82) is 0 Å². The van der Waals surface area contributed by atoms with E-state index in [2.05, 4.69) is 21.0 Å². The molecule has 0 radical (unpaired) electrons. The molecule has 0 bridgehead atoms. The highest BCUT2D eigenvalue weighted by Gasteiger charge is 2.17. The predicted molar refractivity (Wildman–Crippen MR) is 76.4 cm³/mol. The van der Waals surface area contributed by atoms with Crippen molar-refractivity contribution >= 4 is 27.4 Å². The van der Waals surface area contributed by atoms with E-state index in [9.17, 15) is 10.1 Å². The van der Waals surface area contributed by atoms with Gasteiger partial charge in [0, 0.05) is 12.1 Å². The Balaban J connectivity index is 2.47. The van der Waals surface area contributed by atoms with E-state index in [1.807, 2.05) is 13.8 Å². The summed E-state index contributed by atoms with van der Waals surface area (Å²) in [4.78, 5) is 10.2. The van der Waals surface area contributed by atoms with E-state index in [-0.39, 0.29) is 11.6 Å². The van der Waals surface area contributed by atoms with Crippen LogP contribution in [0.5, 0.6) is 0 Å². The summed E-state index contributed by atoms with van der Waals surface area (Å²) < 4.78 is 2.34. The molecule has 0 atom stereocenters. The van der Waals surface area contributed by atoms with Gasteiger partial charge in [0.1, 0.15) is 5.82 Å². The van der Waals surface area contributed by atoms with Gasteiger partial charge in [-0.05, 0) is 34.0 Å². The maximum absolute atomic E-state index is 10.6. The Labute approximate surface area is 118 Å². The van der Waals surface area contributed by atoms with Crippen LogP contribution >= 0.6 is 15.9 Å². The summed E-state index contributed by atoms with van der Waals surface area (Å²) in [7, 11) is 0. The average Bonchev–Trinajstić information content (AvgIpc) is 2.67. The summed E-state index contributed by atoms with van der Waals surface area (Å²) in [5.74, 6) is 0.716. The molecule has 0 saturated carbocycles. The second-order valence-electron chi connectivity index (χ2n) is 4.42. The largest absolute Gasteiger partial charge is 0.383 e. The van der Waals surface area contributed by atoms with Crippen LogP contribution in [-0.2, 0) is 0 Å². The maximum Gasteiger partial charge on any atom is 0.269 e. The van der Waals surface area contributed by atoms with Gasteiger partial charge >= 0.3 is 0 Å². The van der Waals surface area contributed by atoms with Crippen LogP contribution in [0.25, 0.3) is 5.69 Å². The molecule has 19 heavy (non-hydrogen) atoms. The summed E-state index contributed by atoms with van der Waals surface area (Å²) in [5, 5.41) is 15.0. The van der Waals surface area contributed by atoms with Crippen LogP contribution in [-0.4, -0.2) is 14.7 Å². The molecule has 0 aliphatic rings. The van der Waals surface area contributed by atoms with Crippen molar-refractivity contribution < 1.29 is 4.92 Å². The minimum absolute atomic E-state index is 0.0395. The third-order valence-electron chi connectivity index (χ3n) is 2.74. The zero-order chi connectivity index (χ0) is 14.2. The van der Waals surface area contributed by atoms with Crippen molar-refractivity contribution in [1.82, 2.24) is 9.78 Å². The van der Waals surface area contributed by atoms with E-state index < -0.39 is 4.92 Å². The molecular formula is C12H13BrN4O2. The van der Waals surface area contributed by atoms with Gasteiger partial charge in [-0.3, -0.25) is 10.1 Å². The molecule has 0 aliphatic carbocycles. The minimum atomic E-state index is -0.439. The molecule has 0 saturated heterocycles. The molecule has 2 rings (SSSR count). The number of anilines is 1. The molecule has 100 valence electrons. The highest BCUT2D eigenvalue weighted by molar-refractivity contribution is 9.10. The van der Waals surface area contributed by atoms with E-state index >= 15 is 0 Å². The number of halogens is 1. The molecular weight excluding hydrogens is 312 g/mol. The first kappa shape index (κ1) is 13.5. The molecule has 0 aliphatic heterocycles. The van der Waals surface area contributed by atoms with Gasteiger partial charge < -0.3 is 5.73 Å². The fraction of sp³-hybridized carbons (Fsp3) is 0.250. The smallest absolute Gasteiger partial charge is 0.269 e. The van der Waals surface area contributed by atoms with Crippen molar-refractivity contribution in [3.05, 3.63) is 44.5 Å². The highest BCUT2D eigenvalue weighted by Crippen LogP contribution is 2.31. The summed E-state index contributed by atoms with van der Waals surface area (Å²) in [6.07, 6.45) is 0. The van der Waals surface area contributed by atoms with Crippen LogP contribution in [0.1, 0.15) is 25.5 Å². The number of rotatable bonds is 3. The van der Waals surface area contributed by atoms with Gasteiger partial charge in [-0.2, -0.15) is 5.10 Å². The van der Waals surface area contributed by atoms with E-state index in [4.69, 9.17) is 5.73 Å². The number of nitrogens with zero attached hydrogens (tertiary/aromatic N) is 3. The first-order chi connectivity index (χ1) is 8.91. The van der Waals surface area contributed by atoms with E-state index in [0.717, 1.165) is 10.2 Å². The topological polar surface area (TPSA) is 87.0 Å². The molecule has 0 unspecified atom stereocenters. The van der Waals surface area contributed by atoms with Crippen LogP contribution < -0.4 is 5.73 Å². The number of benzene rings is 1. The van der Waals surface area contributed by atoms with Crippen molar-refractivity contribution in [2.24, 2.45) is 0 Å². The fourth-order valence-electron chi connectivity index (χ4n) is 1.71. The van der Waals surface area contributed by atoms with E-state index in [1.54, 1.807) is 16.8 Å². The number of hydrogen-bond acceptors (Lipinski definition) is 4. The molecule has 0 spiro atoms. The standard InChI is InChI=1S/C12H13BrN4O2/c1-7(2)11-10(13)12(14)16(15-11)8-3-5-9(6-4-8)17(18)19/h3-7H,14H2,1-2H3. The zero-order valence-electron chi connectivity index (χ0n) is 10.5. The Hall–Kier alpha value is -1.89. The summed E-state index contributed by atoms with van der Waals surface area (Å²) >= 11 is 3.42. The van der Waals surface area contributed by atoms with Crippen molar-refractivity contribution in [2.45, 2.75) is 19.8 Å². The monoisotopic (exact) mass is 324 g/mol. The predicted octanol–water partition coefficient (Wildman–Crippen LogP) is 3.25. The average molecular weight is 325 g/mol.